The predicted octanol–water partition coefficient (Wildman–Crippen LogP) is 5.19. The number of halogens is 1. The number of benzene rings is 3. The van der Waals surface area contributed by atoms with E-state index in [2.05, 4.69) is 4.98 Å². The van der Waals surface area contributed by atoms with Crippen molar-refractivity contribution in [3.8, 4) is 17.1 Å². The van der Waals surface area contributed by atoms with E-state index in [1.54, 1.807) is 42.5 Å². The van der Waals surface area contributed by atoms with Crippen LogP contribution in [-0.4, -0.2) is 14.5 Å². The minimum absolute atomic E-state index is 0.0145. The van der Waals surface area contributed by atoms with Crippen molar-refractivity contribution in [2.45, 2.75) is 0 Å². The van der Waals surface area contributed by atoms with Crippen LogP contribution in [0.4, 0.5) is 5.69 Å². The Morgan fingerprint density at radius 2 is 1.72 bits per heavy atom. The van der Waals surface area contributed by atoms with E-state index in [4.69, 9.17) is 11.6 Å². The molecule has 0 aliphatic carbocycles. The molecule has 0 fully saturated rings. The quantitative estimate of drug-likeness (QED) is 0.209. The van der Waals surface area contributed by atoms with Gasteiger partial charge in [0.2, 0.25) is 5.43 Å². The maximum Gasteiger partial charge on any atom is 0.271 e. The molecular formula is C23H12ClN3O4S. The van der Waals surface area contributed by atoms with Gasteiger partial charge in [0.05, 0.1) is 10.6 Å². The number of hydrogen-bond acceptors (Lipinski definition) is 6. The maximum absolute atomic E-state index is 13.7. The molecule has 2 heterocycles. The molecule has 3 aromatic carbocycles. The number of nitro groups is 1. The van der Waals surface area contributed by atoms with Gasteiger partial charge in [-0.1, -0.05) is 29.8 Å². The first kappa shape index (κ1) is 20.0. The van der Waals surface area contributed by atoms with Crippen LogP contribution in [0.3, 0.4) is 0 Å². The molecule has 9 heteroatoms. The zero-order valence-corrected chi connectivity index (χ0v) is 17.8. The van der Waals surface area contributed by atoms with Gasteiger partial charge in [-0.25, -0.2) is 4.98 Å². The van der Waals surface area contributed by atoms with Crippen LogP contribution >= 0.6 is 22.9 Å². The second kappa shape index (κ2) is 7.67. The van der Waals surface area contributed by atoms with Crippen LogP contribution in [-0.2, 0) is 0 Å². The van der Waals surface area contributed by atoms with Gasteiger partial charge in [0, 0.05) is 32.8 Å². The molecule has 0 radical (unpaired) electrons. The predicted molar refractivity (Wildman–Crippen MR) is 126 cm³/mol. The molecule has 0 aliphatic heterocycles. The van der Waals surface area contributed by atoms with E-state index >= 15 is 0 Å². The third kappa shape index (κ3) is 3.26. The Morgan fingerprint density at radius 3 is 2.44 bits per heavy atom. The number of hydrogen-bond donors (Lipinski definition) is 0. The molecule has 7 nitrogen and oxygen atoms in total. The molecule has 0 aliphatic rings. The third-order valence-corrected chi connectivity index (χ3v) is 6.32. The number of fused-ring (bicyclic) bond motifs is 2. The monoisotopic (exact) mass is 461 g/mol. The standard InChI is InChI=1S/C23H12ClN3O4S/c24-14-4-3-5-16(12-14)26-21(13-8-10-15(11-9-13)27(30)31)25-22-19(23(26)29)20(28)17-6-1-2-7-18(17)32-22/h1-12H. The summed E-state index contributed by atoms with van der Waals surface area (Å²) < 4.78 is 2.03. The summed E-state index contributed by atoms with van der Waals surface area (Å²) >= 11 is 7.40. The van der Waals surface area contributed by atoms with E-state index < -0.39 is 15.9 Å². The van der Waals surface area contributed by atoms with Gasteiger partial charge in [-0.2, -0.15) is 0 Å². The summed E-state index contributed by atoms with van der Waals surface area (Å²) in [5.41, 5.74) is -0.0810. The largest absolute Gasteiger partial charge is 0.288 e. The van der Waals surface area contributed by atoms with Gasteiger partial charge >= 0.3 is 0 Å². The van der Waals surface area contributed by atoms with Crippen molar-refractivity contribution >= 4 is 48.9 Å². The van der Waals surface area contributed by atoms with Gasteiger partial charge in [-0.15, -0.1) is 11.3 Å². The zero-order chi connectivity index (χ0) is 22.4. The molecule has 0 atom stereocenters. The van der Waals surface area contributed by atoms with Crippen LogP contribution in [0.25, 0.3) is 37.4 Å². The Hall–Kier alpha value is -3.88. The number of nitro benzene ring substituents is 1. The highest BCUT2D eigenvalue weighted by molar-refractivity contribution is 7.24. The molecule has 5 aromatic rings. The second-order valence-corrected chi connectivity index (χ2v) is 8.43. The Balaban J connectivity index is 1.92. The lowest BCUT2D eigenvalue weighted by molar-refractivity contribution is -0.384. The van der Waals surface area contributed by atoms with Crippen molar-refractivity contribution in [2.75, 3.05) is 0 Å². The maximum atomic E-state index is 13.7. The lowest BCUT2D eigenvalue weighted by Gasteiger charge is -2.14. The molecule has 0 spiro atoms. The molecular weight excluding hydrogens is 450 g/mol. The molecule has 5 rings (SSSR count). The number of rotatable bonds is 3. The normalized spacial score (nSPS) is 11.2. The first-order valence-corrected chi connectivity index (χ1v) is 10.6. The molecule has 0 unspecified atom stereocenters. The Bertz CT molecular complexity index is 1660. The first-order chi connectivity index (χ1) is 15.4. The number of nitrogens with zero attached hydrogens (tertiary/aromatic N) is 3. The second-order valence-electron chi connectivity index (χ2n) is 6.97. The molecule has 0 N–H and O–H groups in total. The summed E-state index contributed by atoms with van der Waals surface area (Å²) in [4.78, 5) is 42.3. The van der Waals surface area contributed by atoms with Crippen molar-refractivity contribution in [2.24, 2.45) is 0 Å². The molecule has 0 saturated heterocycles. The van der Waals surface area contributed by atoms with E-state index in [-0.39, 0.29) is 16.9 Å². The SMILES string of the molecule is O=c1c2ccccc2sc2nc(-c3ccc([N+](=O)[O-])cc3)n(-c3cccc(Cl)c3)c(=O)c12. The minimum Gasteiger partial charge on any atom is -0.288 e. The highest BCUT2D eigenvalue weighted by Gasteiger charge is 2.19. The average molecular weight is 462 g/mol. The summed E-state index contributed by atoms with van der Waals surface area (Å²) in [5.74, 6) is 0.255. The number of aromatic nitrogens is 2. The van der Waals surface area contributed by atoms with E-state index in [0.717, 1.165) is 0 Å². The summed E-state index contributed by atoms with van der Waals surface area (Å²) in [5, 5.41) is 11.9. The fourth-order valence-electron chi connectivity index (χ4n) is 3.53. The van der Waals surface area contributed by atoms with E-state index in [1.807, 2.05) is 6.07 Å². The molecule has 2 aromatic heterocycles. The molecule has 156 valence electrons. The summed E-state index contributed by atoms with van der Waals surface area (Å²) in [7, 11) is 0. The van der Waals surface area contributed by atoms with Crippen LogP contribution in [0.2, 0.25) is 5.02 Å². The highest BCUT2D eigenvalue weighted by atomic mass is 35.5. The Labute approximate surface area is 188 Å². The van der Waals surface area contributed by atoms with Gasteiger partial charge in [-0.05, 0) is 42.5 Å². The summed E-state index contributed by atoms with van der Waals surface area (Å²) in [6.07, 6.45) is 0. The van der Waals surface area contributed by atoms with Crippen molar-refractivity contribution in [3.63, 3.8) is 0 Å². The van der Waals surface area contributed by atoms with Crippen LogP contribution in [0, 0.1) is 10.1 Å². The van der Waals surface area contributed by atoms with Gasteiger partial charge in [0.15, 0.2) is 0 Å². The first-order valence-electron chi connectivity index (χ1n) is 9.43. The van der Waals surface area contributed by atoms with Gasteiger partial charge < -0.3 is 0 Å². The molecule has 0 bridgehead atoms. The van der Waals surface area contributed by atoms with Crippen molar-refractivity contribution in [1.29, 1.82) is 0 Å². The van der Waals surface area contributed by atoms with Crippen LogP contribution in [0.5, 0.6) is 0 Å². The Morgan fingerprint density at radius 1 is 0.969 bits per heavy atom. The third-order valence-electron chi connectivity index (χ3n) is 5.02. The highest BCUT2D eigenvalue weighted by Crippen LogP contribution is 2.28. The summed E-state index contributed by atoms with van der Waals surface area (Å²) in [6.45, 7) is 0. The van der Waals surface area contributed by atoms with Gasteiger partial charge in [0.1, 0.15) is 16.0 Å². The molecule has 0 amide bonds. The fourth-order valence-corrected chi connectivity index (χ4v) is 4.76. The Kier molecular flexibility index (Phi) is 4.80. The van der Waals surface area contributed by atoms with Crippen molar-refractivity contribution in [1.82, 2.24) is 9.55 Å². The van der Waals surface area contributed by atoms with Gasteiger partial charge in [-0.3, -0.25) is 24.3 Å². The lowest BCUT2D eigenvalue weighted by Crippen LogP contribution is -2.26. The smallest absolute Gasteiger partial charge is 0.271 e. The van der Waals surface area contributed by atoms with Crippen LogP contribution in [0.15, 0.2) is 82.4 Å². The zero-order valence-electron chi connectivity index (χ0n) is 16.2. The lowest BCUT2D eigenvalue weighted by atomic mass is 10.1. The topological polar surface area (TPSA) is 95.1 Å². The van der Waals surface area contributed by atoms with Crippen LogP contribution in [0.1, 0.15) is 0 Å². The summed E-state index contributed by atoms with van der Waals surface area (Å²) in [6, 6.07) is 19.4. The van der Waals surface area contributed by atoms with E-state index in [1.165, 1.54) is 40.2 Å². The molecule has 0 saturated carbocycles. The number of non-ortho nitro benzene ring substituents is 1. The van der Waals surface area contributed by atoms with E-state index in [0.29, 0.717) is 31.2 Å². The van der Waals surface area contributed by atoms with Crippen molar-refractivity contribution in [3.05, 3.63) is 109 Å². The van der Waals surface area contributed by atoms with E-state index in [9.17, 15) is 19.7 Å². The van der Waals surface area contributed by atoms with Crippen LogP contribution < -0.4 is 11.0 Å². The molecule has 32 heavy (non-hydrogen) atoms. The van der Waals surface area contributed by atoms with Gasteiger partial charge in [0.25, 0.3) is 11.2 Å². The van der Waals surface area contributed by atoms with Crippen molar-refractivity contribution < 1.29 is 4.92 Å². The average Bonchev–Trinajstić information content (AvgIpc) is 2.79. The minimum atomic E-state index is -0.530. The fraction of sp³-hybridized carbons (Fsp3) is 0.